The average molecular weight is 244 g/mol. The minimum Gasteiger partial charge on any atom is -0.465 e. The van der Waals surface area contributed by atoms with Crippen LogP contribution < -0.4 is 5.32 Å². The van der Waals surface area contributed by atoms with Gasteiger partial charge in [-0.1, -0.05) is 0 Å². The molecule has 0 aromatic rings. The standard InChI is InChI=1S/C12H24N2O3/c1-4-17-11(15)12(5-9-16-10-6-12)13-7-8-14(2)3/h13H,4-10H2,1-3H3. The molecule has 0 amide bonds. The van der Waals surface area contributed by atoms with Crippen molar-refractivity contribution in [1.82, 2.24) is 10.2 Å². The van der Waals surface area contributed by atoms with Crippen LogP contribution in [0.1, 0.15) is 19.8 Å². The van der Waals surface area contributed by atoms with Crippen LogP contribution in [0.4, 0.5) is 0 Å². The lowest BCUT2D eigenvalue weighted by atomic mass is 9.90. The zero-order chi connectivity index (χ0) is 12.7. The van der Waals surface area contributed by atoms with E-state index in [4.69, 9.17) is 9.47 Å². The van der Waals surface area contributed by atoms with Crippen LogP contribution in [0.3, 0.4) is 0 Å². The molecule has 100 valence electrons. The van der Waals surface area contributed by atoms with Gasteiger partial charge in [-0.2, -0.15) is 0 Å². The molecule has 0 radical (unpaired) electrons. The molecule has 0 aromatic heterocycles. The molecule has 0 spiro atoms. The molecule has 17 heavy (non-hydrogen) atoms. The Morgan fingerprint density at radius 1 is 1.41 bits per heavy atom. The lowest BCUT2D eigenvalue weighted by molar-refractivity contribution is -0.155. The van der Waals surface area contributed by atoms with Crippen molar-refractivity contribution in [2.45, 2.75) is 25.3 Å². The van der Waals surface area contributed by atoms with Crippen LogP contribution in [0, 0.1) is 0 Å². The fourth-order valence-electron chi connectivity index (χ4n) is 1.96. The van der Waals surface area contributed by atoms with Crippen molar-refractivity contribution >= 4 is 5.97 Å². The van der Waals surface area contributed by atoms with Crippen LogP contribution >= 0.6 is 0 Å². The highest BCUT2D eigenvalue weighted by molar-refractivity contribution is 5.81. The van der Waals surface area contributed by atoms with Gasteiger partial charge in [-0.05, 0) is 33.9 Å². The molecule has 5 heteroatoms. The Morgan fingerprint density at radius 2 is 2.06 bits per heavy atom. The molecule has 1 aliphatic heterocycles. The predicted molar refractivity (Wildman–Crippen MR) is 66.0 cm³/mol. The molecule has 1 aliphatic rings. The topological polar surface area (TPSA) is 50.8 Å². The van der Waals surface area contributed by atoms with E-state index >= 15 is 0 Å². The molecule has 0 aliphatic carbocycles. The zero-order valence-electron chi connectivity index (χ0n) is 11.1. The maximum Gasteiger partial charge on any atom is 0.326 e. The van der Waals surface area contributed by atoms with Crippen LogP contribution in [0.15, 0.2) is 0 Å². The summed E-state index contributed by atoms with van der Waals surface area (Å²) in [7, 11) is 4.03. The number of likely N-dealkylation sites (N-methyl/N-ethyl adjacent to an activating group) is 1. The fourth-order valence-corrected chi connectivity index (χ4v) is 1.96. The molecule has 5 nitrogen and oxygen atoms in total. The minimum atomic E-state index is -0.537. The Kier molecular flexibility index (Phi) is 5.88. The highest BCUT2D eigenvalue weighted by Gasteiger charge is 2.40. The molecule has 0 atom stereocenters. The summed E-state index contributed by atoms with van der Waals surface area (Å²) in [6.45, 7) is 5.19. The Hall–Kier alpha value is -0.650. The van der Waals surface area contributed by atoms with Crippen LogP contribution in [0.5, 0.6) is 0 Å². The van der Waals surface area contributed by atoms with Crippen LogP contribution in [-0.4, -0.2) is 63.4 Å². The zero-order valence-corrected chi connectivity index (χ0v) is 11.1. The number of ether oxygens (including phenoxy) is 2. The van der Waals surface area contributed by atoms with Gasteiger partial charge in [0.05, 0.1) is 6.61 Å². The first-order valence-electron chi connectivity index (χ1n) is 6.25. The van der Waals surface area contributed by atoms with E-state index in [2.05, 4.69) is 10.2 Å². The second kappa shape index (κ2) is 6.93. The van der Waals surface area contributed by atoms with Gasteiger partial charge in [0.15, 0.2) is 0 Å². The number of carbonyl (C=O) groups is 1. The number of rotatable bonds is 6. The van der Waals surface area contributed by atoms with Gasteiger partial charge in [0.2, 0.25) is 0 Å². The largest absolute Gasteiger partial charge is 0.465 e. The fraction of sp³-hybridized carbons (Fsp3) is 0.917. The van der Waals surface area contributed by atoms with Gasteiger partial charge in [0.25, 0.3) is 0 Å². The Bertz CT molecular complexity index is 238. The first kappa shape index (κ1) is 14.4. The third kappa shape index (κ3) is 4.26. The molecule has 1 rings (SSSR count). The van der Waals surface area contributed by atoms with Crippen molar-refractivity contribution < 1.29 is 14.3 Å². The SMILES string of the molecule is CCOC(=O)C1(NCCN(C)C)CCOCC1. The lowest BCUT2D eigenvalue weighted by Gasteiger charge is -2.36. The second-order valence-electron chi connectivity index (χ2n) is 4.65. The summed E-state index contributed by atoms with van der Waals surface area (Å²) in [5.41, 5.74) is -0.537. The second-order valence-corrected chi connectivity index (χ2v) is 4.65. The monoisotopic (exact) mass is 244 g/mol. The molecule has 1 N–H and O–H groups in total. The highest BCUT2D eigenvalue weighted by atomic mass is 16.5. The minimum absolute atomic E-state index is 0.137. The molecule has 0 unspecified atom stereocenters. The Balaban J connectivity index is 2.55. The van der Waals surface area contributed by atoms with E-state index in [1.807, 2.05) is 21.0 Å². The third-order valence-corrected chi connectivity index (χ3v) is 3.03. The van der Waals surface area contributed by atoms with E-state index in [0.29, 0.717) is 32.7 Å². The molecular weight excluding hydrogens is 220 g/mol. The van der Waals surface area contributed by atoms with E-state index in [0.717, 1.165) is 13.1 Å². The van der Waals surface area contributed by atoms with Gasteiger partial charge in [-0.15, -0.1) is 0 Å². The van der Waals surface area contributed by atoms with E-state index < -0.39 is 5.54 Å². The summed E-state index contributed by atoms with van der Waals surface area (Å²) in [6, 6.07) is 0. The van der Waals surface area contributed by atoms with E-state index in [1.165, 1.54) is 0 Å². The van der Waals surface area contributed by atoms with Gasteiger partial charge >= 0.3 is 5.97 Å². The molecule has 0 saturated carbocycles. The quantitative estimate of drug-likeness (QED) is 0.679. The number of nitrogens with zero attached hydrogens (tertiary/aromatic N) is 1. The normalized spacial score (nSPS) is 19.3. The molecular formula is C12H24N2O3. The molecule has 1 saturated heterocycles. The van der Waals surface area contributed by atoms with Crippen LogP contribution in [0.25, 0.3) is 0 Å². The van der Waals surface area contributed by atoms with Crippen molar-refractivity contribution in [2.24, 2.45) is 0 Å². The van der Waals surface area contributed by atoms with Crippen LogP contribution in [0.2, 0.25) is 0 Å². The molecule has 1 heterocycles. The van der Waals surface area contributed by atoms with Gasteiger partial charge < -0.3 is 19.7 Å². The van der Waals surface area contributed by atoms with Crippen molar-refractivity contribution in [2.75, 3.05) is 47.0 Å². The van der Waals surface area contributed by atoms with Gasteiger partial charge in [0, 0.05) is 26.3 Å². The first-order valence-corrected chi connectivity index (χ1v) is 6.25. The number of esters is 1. The summed E-state index contributed by atoms with van der Waals surface area (Å²) in [5.74, 6) is -0.137. The summed E-state index contributed by atoms with van der Waals surface area (Å²) in [6.07, 6.45) is 1.39. The summed E-state index contributed by atoms with van der Waals surface area (Å²) in [4.78, 5) is 14.1. The smallest absolute Gasteiger partial charge is 0.326 e. The van der Waals surface area contributed by atoms with Crippen molar-refractivity contribution in [3.8, 4) is 0 Å². The highest BCUT2D eigenvalue weighted by Crippen LogP contribution is 2.22. The van der Waals surface area contributed by atoms with Gasteiger partial charge in [0.1, 0.15) is 5.54 Å². The molecule has 0 aromatic carbocycles. The average Bonchev–Trinajstić information content (AvgIpc) is 2.30. The lowest BCUT2D eigenvalue weighted by Crippen LogP contribution is -2.57. The Labute approximate surface area is 103 Å². The summed E-state index contributed by atoms with van der Waals surface area (Å²) >= 11 is 0. The van der Waals surface area contributed by atoms with Gasteiger partial charge in [-0.25, -0.2) is 0 Å². The number of carbonyl (C=O) groups excluding carboxylic acids is 1. The van der Waals surface area contributed by atoms with Crippen molar-refractivity contribution in [3.63, 3.8) is 0 Å². The van der Waals surface area contributed by atoms with Crippen molar-refractivity contribution in [3.05, 3.63) is 0 Å². The van der Waals surface area contributed by atoms with Crippen LogP contribution in [-0.2, 0) is 14.3 Å². The van der Waals surface area contributed by atoms with E-state index in [-0.39, 0.29) is 5.97 Å². The number of hydrogen-bond acceptors (Lipinski definition) is 5. The molecule has 0 bridgehead atoms. The Morgan fingerprint density at radius 3 is 2.59 bits per heavy atom. The predicted octanol–water partition coefficient (Wildman–Crippen LogP) is 0.250. The van der Waals surface area contributed by atoms with Gasteiger partial charge in [-0.3, -0.25) is 4.79 Å². The summed E-state index contributed by atoms with van der Waals surface area (Å²) in [5, 5.41) is 3.35. The number of hydrogen-bond donors (Lipinski definition) is 1. The maximum absolute atomic E-state index is 12.0. The first-order chi connectivity index (χ1) is 8.10. The van der Waals surface area contributed by atoms with E-state index in [9.17, 15) is 4.79 Å². The maximum atomic E-state index is 12.0. The van der Waals surface area contributed by atoms with Crippen molar-refractivity contribution in [1.29, 1.82) is 0 Å². The number of nitrogens with one attached hydrogen (secondary N) is 1. The third-order valence-electron chi connectivity index (χ3n) is 3.03. The van der Waals surface area contributed by atoms with E-state index in [1.54, 1.807) is 0 Å². The molecule has 1 fully saturated rings. The summed E-state index contributed by atoms with van der Waals surface area (Å²) < 4.78 is 10.5.